The molecule has 0 spiro atoms. The molecule has 8 heteroatoms. The standard InChI is InChI=1S/C11H16ClN3O3S/c1-15(2)19(17,18)6-5-14-11(16)9-7-8(13)3-4-10(9)12/h3-4,7H,5-6,13H2,1-2H3,(H,14,16). The zero-order valence-electron chi connectivity index (χ0n) is 10.7. The molecule has 3 N–H and O–H groups in total. The summed E-state index contributed by atoms with van der Waals surface area (Å²) in [7, 11) is -0.461. The topological polar surface area (TPSA) is 92.5 Å². The van der Waals surface area contributed by atoms with Gasteiger partial charge in [-0.05, 0) is 18.2 Å². The average molecular weight is 306 g/mol. The van der Waals surface area contributed by atoms with Gasteiger partial charge in [-0.1, -0.05) is 11.6 Å². The molecule has 0 fully saturated rings. The van der Waals surface area contributed by atoms with Crippen LogP contribution in [0.4, 0.5) is 5.69 Å². The lowest BCUT2D eigenvalue weighted by Crippen LogP contribution is -2.34. The van der Waals surface area contributed by atoms with Crippen molar-refractivity contribution in [2.24, 2.45) is 0 Å². The van der Waals surface area contributed by atoms with Crippen LogP contribution in [0.3, 0.4) is 0 Å². The number of sulfonamides is 1. The molecule has 1 aromatic carbocycles. The molecule has 0 heterocycles. The van der Waals surface area contributed by atoms with Crippen molar-refractivity contribution in [3.63, 3.8) is 0 Å². The number of nitrogens with zero attached hydrogens (tertiary/aromatic N) is 1. The maximum Gasteiger partial charge on any atom is 0.252 e. The number of hydrogen-bond donors (Lipinski definition) is 2. The molecule has 1 rings (SSSR count). The number of rotatable bonds is 5. The van der Waals surface area contributed by atoms with E-state index in [0.717, 1.165) is 4.31 Å². The number of carbonyl (C=O) groups excluding carboxylic acids is 1. The van der Waals surface area contributed by atoms with Gasteiger partial charge in [0.1, 0.15) is 0 Å². The first-order valence-electron chi connectivity index (χ1n) is 5.47. The van der Waals surface area contributed by atoms with Gasteiger partial charge in [-0.3, -0.25) is 4.79 Å². The molecular weight excluding hydrogens is 290 g/mol. The molecule has 1 amide bonds. The molecule has 0 radical (unpaired) electrons. The third-order valence-electron chi connectivity index (χ3n) is 2.44. The third kappa shape index (κ3) is 4.38. The average Bonchev–Trinajstić information content (AvgIpc) is 2.31. The van der Waals surface area contributed by atoms with Gasteiger partial charge < -0.3 is 11.1 Å². The van der Waals surface area contributed by atoms with E-state index < -0.39 is 15.9 Å². The van der Waals surface area contributed by atoms with E-state index in [0.29, 0.717) is 5.69 Å². The maximum atomic E-state index is 11.8. The van der Waals surface area contributed by atoms with E-state index in [2.05, 4.69) is 5.32 Å². The molecule has 106 valence electrons. The van der Waals surface area contributed by atoms with E-state index in [1.165, 1.54) is 26.2 Å². The molecule has 19 heavy (non-hydrogen) atoms. The Kier molecular flexibility index (Phi) is 5.16. The normalized spacial score (nSPS) is 11.6. The van der Waals surface area contributed by atoms with Crippen LogP contribution >= 0.6 is 11.6 Å². The highest BCUT2D eigenvalue weighted by Crippen LogP contribution is 2.18. The molecule has 6 nitrogen and oxygen atoms in total. The smallest absolute Gasteiger partial charge is 0.252 e. The summed E-state index contributed by atoms with van der Waals surface area (Å²) >= 11 is 5.87. The van der Waals surface area contributed by atoms with Gasteiger partial charge in [0.15, 0.2) is 0 Å². The van der Waals surface area contributed by atoms with Gasteiger partial charge in [0.25, 0.3) is 5.91 Å². The van der Waals surface area contributed by atoms with Crippen molar-refractivity contribution in [3.8, 4) is 0 Å². The first-order valence-corrected chi connectivity index (χ1v) is 7.46. The zero-order chi connectivity index (χ0) is 14.6. The number of nitrogens with one attached hydrogen (secondary N) is 1. The number of carbonyl (C=O) groups is 1. The van der Waals surface area contributed by atoms with Crippen LogP contribution in [0, 0.1) is 0 Å². The highest BCUT2D eigenvalue weighted by Gasteiger charge is 2.15. The summed E-state index contributed by atoms with van der Waals surface area (Å²) in [5, 5.41) is 2.76. The van der Waals surface area contributed by atoms with Crippen molar-refractivity contribution >= 4 is 33.2 Å². The van der Waals surface area contributed by atoms with Crippen molar-refractivity contribution in [2.75, 3.05) is 32.1 Å². The van der Waals surface area contributed by atoms with Crippen molar-refractivity contribution in [2.45, 2.75) is 0 Å². The number of anilines is 1. The molecule has 0 unspecified atom stereocenters. The number of nitrogen functional groups attached to an aromatic ring is 1. The minimum absolute atomic E-state index is 0.00444. The Morgan fingerprint density at radius 2 is 2.05 bits per heavy atom. The van der Waals surface area contributed by atoms with Crippen LogP contribution in [0.15, 0.2) is 18.2 Å². The summed E-state index contributed by atoms with van der Waals surface area (Å²) in [5.74, 6) is -0.627. The lowest BCUT2D eigenvalue weighted by atomic mass is 10.2. The fraction of sp³-hybridized carbons (Fsp3) is 0.364. The lowest BCUT2D eigenvalue weighted by molar-refractivity contribution is 0.0956. The van der Waals surface area contributed by atoms with Crippen LogP contribution < -0.4 is 11.1 Å². The van der Waals surface area contributed by atoms with E-state index in [1.54, 1.807) is 6.07 Å². The van der Waals surface area contributed by atoms with E-state index in [9.17, 15) is 13.2 Å². The van der Waals surface area contributed by atoms with Gasteiger partial charge in [-0.15, -0.1) is 0 Å². The quantitative estimate of drug-likeness (QED) is 0.777. The Balaban J connectivity index is 2.64. The molecule has 0 aliphatic heterocycles. The number of amides is 1. The predicted octanol–water partition coefficient (Wildman–Crippen LogP) is 0.543. The van der Waals surface area contributed by atoms with Gasteiger partial charge in [0.05, 0.1) is 16.3 Å². The summed E-state index contributed by atoms with van der Waals surface area (Å²) in [5.41, 5.74) is 6.20. The van der Waals surface area contributed by atoms with Crippen molar-refractivity contribution < 1.29 is 13.2 Å². The second-order valence-electron chi connectivity index (χ2n) is 4.09. The van der Waals surface area contributed by atoms with Crippen LogP contribution in [0.5, 0.6) is 0 Å². The number of benzene rings is 1. The minimum atomic E-state index is -3.33. The van der Waals surface area contributed by atoms with Crippen LogP contribution in [0.1, 0.15) is 10.4 Å². The summed E-state index contributed by atoms with van der Waals surface area (Å²) in [6.45, 7) is 0.00444. The molecule has 0 aliphatic carbocycles. The van der Waals surface area contributed by atoms with E-state index >= 15 is 0 Å². The molecular formula is C11H16ClN3O3S. The molecule has 1 aromatic rings. The molecule has 0 saturated heterocycles. The highest BCUT2D eigenvalue weighted by atomic mass is 35.5. The third-order valence-corrected chi connectivity index (χ3v) is 4.60. The SMILES string of the molecule is CN(C)S(=O)(=O)CCNC(=O)c1cc(N)ccc1Cl. The maximum absolute atomic E-state index is 11.8. The van der Waals surface area contributed by atoms with Crippen molar-refractivity contribution in [1.29, 1.82) is 0 Å². The van der Waals surface area contributed by atoms with Crippen molar-refractivity contribution in [1.82, 2.24) is 9.62 Å². The highest BCUT2D eigenvalue weighted by molar-refractivity contribution is 7.89. The Labute approximate surface area is 117 Å². The summed E-state index contributed by atoms with van der Waals surface area (Å²) in [4.78, 5) is 11.8. The molecule has 0 bridgehead atoms. The summed E-state index contributed by atoms with van der Waals surface area (Å²) < 4.78 is 24.1. The molecule has 0 aromatic heterocycles. The largest absolute Gasteiger partial charge is 0.399 e. The van der Waals surface area contributed by atoms with Crippen LogP contribution in [0.2, 0.25) is 5.02 Å². The van der Waals surface area contributed by atoms with Gasteiger partial charge in [0, 0.05) is 26.3 Å². The van der Waals surface area contributed by atoms with Gasteiger partial charge in [0.2, 0.25) is 10.0 Å². The molecule has 0 saturated carbocycles. The summed E-state index contributed by atoms with van der Waals surface area (Å²) in [6.07, 6.45) is 0. The fourth-order valence-corrected chi connectivity index (χ4v) is 2.22. The predicted molar refractivity (Wildman–Crippen MR) is 75.7 cm³/mol. The molecule has 0 atom stereocenters. The van der Waals surface area contributed by atoms with E-state index in [1.807, 2.05) is 0 Å². The van der Waals surface area contributed by atoms with Crippen LogP contribution in [-0.4, -0.2) is 45.0 Å². The Morgan fingerprint density at radius 1 is 1.42 bits per heavy atom. The fourth-order valence-electron chi connectivity index (χ4n) is 1.29. The Morgan fingerprint density at radius 3 is 2.63 bits per heavy atom. The first-order chi connectivity index (χ1) is 8.74. The first kappa shape index (κ1) is 15.7. The van der Waals surface area contributed by atoms with Crippen LogP contribution in [0.25, 0.3) is 0 Å². The monoisotopic (exact) mass is 305 g/mol. The Hall–Kier alpha value is -1.31. The summed E-state index contributed by atoms with van der Waals surface area (Å²) in [6, 6.07) is 4.54. The zero-order valence-corrected chi connectivity index (χ0v) is 12.3. The van der Waals surface area contributed by atoms with Crippen molar-refractivity contribution in [3.05, 3.63) is 28.8 Å². The van der Waals surface area contributed by atoms with Gasteiger partial charge in [-0.2, -0.15) is 0 Å². The number of nitrogens with two attached hydrogens (primary N) is 1. The lowest BCUT2D eigenvalue weighted by Gasteiger charge is -2.12. The van der Waals surface area contributed by atoms with Gasteiger partial charge >= 0.3 is 0 Å². The van der Waals surface area contributed by atoms with Crippen LogP contribution in [-0.2, 0) is 10.0 Å². The van der Waals surface area contributed by atoms with E-state index in [-0.39, 0.29) is 22.9 Å². The Bertz CT molecular complexity index is 573. The number of halogens is 1. The van der Waals surface area contributed by atoms with Gasteiger partial charge in [-0.25, -0.2) is 12.7 Å². The molecule has 0 aliphatic rings. The number of hydrogen-bond acceptors (Lipinski definition) is 4. The second-order valence-corrected chi connectivity index (χ2v) is 6.80. The minimum Gasteiger partial charge on any atom is -0.399 e. The second kappa shape index (κ2) is 6.23. The van der Waals surface area contributed by atoms with E-state index in [4.69, 9.17) is 17.3 Å².